The van der Waals surface area contributed by atoms with Crippen molar-refractivity contribution in [2.45, 2.75) is 43.2 Å². The standard InChI is InChI=1S/C26H23F4N5O4S/c1-13-10-17(25(12-31)8-9-25)19(27)21(38-3)20(13)39-24-18(14(2)22(34-35-24)26(28,29)30)23(36)33-15-6-5-7-16(11-15)40(4,32)37/h5-7,10-11,32H,8-9H2,1-4H3,(H,33,36). The number of carbonyl (C=O) groups is 1. The number of nitrogens with one attached hydrogen (secondary N) is 2. The van der Waals surface area contributed by atoms with Crippen LogP contribution in [0.2, 0.25) is 0 Å². The van der Waals surface area contributed by atoms with E-state index in [4.69, 9.17) is 14.3 Å². The van der Waals surface area contributed by atoms with Crippen molar-refractivity contribution in [3.8, 4) is 23.4 Å². The number of nitriles is 1. The van der Waals surface area contributed by atoms with Gasteiger partial charge in [0.25, 0.3) is 11.8 Å². The van der Waals surface area contributed by atoms with Crippen molar-refractivity contribution in [1.82, 2.24) is 10.2 Å². The molecule has 0 spiro atoms. The Kier molecular flexibility index (Phi) is 7.23. The van der Waals surface area contributed by atoms with E-state index in [0.717, 1.165) is 14.0 Å². The fraction of sp³-hybridized carbons (Fsp3) is 0.308. The third kappa shape index (κ3) is 5.29. The number of hydrogen-bond donors (Lipinski definition) is 2. The molecule has 3 aromatic rings. The molecular formula is C26H23F4N5O4S. The Morgan fingerprint density at radius 2 is 1.88 bits per heavy atom. The molecule has 9 nitrogen and oxygen atoms in total. The Balaban J connectivity index is 1.83. The lowest BCUT2D eigenvalue weighted by Gasteiger charge is -2.20. The Bertz CT molecular complexity index is 1680. The van der Waals surface area contributed by atoms with Crippen molar-refractivity contribution >= 4 is 21.3 Å². The quantitative estimate of drug-likeness (QED) is 0.334. The zero-order chi connectivity index (χ0) is 29.6. The van der Waals surface area contributed by atoms with Gasteiger partial charge in [0.05, 0.1) is 28.3 Å². The number of hydrogen-bond acceptors (Lipinski definition) is 8. The highest BCUT2D eigenvalue weighted by atomic mass is 32.2. The number of aryl methyl sites for hydroxylation is 1. The van der Waals surface area contributed by atoms with Crippen LogP contribution in [0.5, 0.6) is 17.4 Å². The molecule has 210 valence electrons. The minimum absolute atomic E-state index is 0.0513. The van der Waals surface area contributed by atoms with Crippen LogP contribution >= 0.6 is 0 Å². The van der Waals surface area contributed by atoms with E-state index in [2.05, 4.69) is 21.6 Å². The molecule has 2 aromatic carbocycles. The number of rotatable bonds is 7. The second-order valence-electron chi connectivity index (χ2n) is 9.39. The number of carbonyl (C=O) groups excluding carboxylic acids is 1. The highest BCUT2D eigenvalue weighted by Crippen LogP contribution is 2.52. The number of alkyl halides is 3. The van der Waals surface area contributed by atoms with Crippen molar-refractivity contribution in [3.05, 3.63) is 64.1 Å². The van der Waals surface area contributed by atoms with E-state index in [9.17, 15) is 27.4 Å². The summed E-state index contributed by atoms with van der Waals surface area (Å²) in [6.45, 7) is 2.53. The van der Waals surface area contributed by atoms with Gasteiger partial charge in [-0.3, -0.25) is 4.79 Å². The maximum atomic E-state index is 15.5. The minimum atomic E-state index is -4.96. The second kappa shape index (κ2) is 10.1. The summed E-state index contributed by atoms with van der Waals surface area (Å²) in [6, 6.07) is 8.97. The van der Waals surface area contributed by atoms with Crippen molar-refractivity contribution in [2.75, 3.05) is 18.7 Å². The van der Waals surface area contributed by atoms with Gasteiger partial charge in [-0.15, -0.1) is 10.2 Å². The third-order valence-corrected chi connectivity index (χ3v) is 7.62. The Morgan fingerprint density at radius 3 is 2.42 bits per heavy atom. The molecule has 1 aromatic heterocycles. The van der Waals surface area contributed by atoms with Crippen LogP contribution in [0.1, 0.15) is 45.6 Å². The predicted molar refractivity (Wildman–Crippen MR) is 136 cm³/mol. The summed E-state index contributed by atoms with van der Waals surface area (Å²) in [5, 5.41) is 18.7. The van der Waals surface area contributed by atoms with Crippen molar-refractivity contribution in [3.63, 3.8) is 0 Å². The van der Waals surface area contributed by atoms with Crippen LogP contribution in [0.15, 0.2) is 35.2 Å². The summed E-state index contributed by atoms with van der Waals surface area (Å²) in [6.07, 6.45) is -2.88. The average Bonchev–Trinajstić information content (AvgIpc) is 3.66. The minimum Gasteiger partial charge on any atom is -0.490 e. The molecule has 0 saturated heterocycles. The first-order chi connectivity index (χ1) is 18.6. The Morgan fingerprint density at radius 1 is 1.20 bits per heavy atom. The van der Waals surface area contributed by atoms with E-state index in [0.29, 0.717) is 12.8 Å². The summed E-state index contributed by atoms with van der Waals surface area (Å²) < 4.78 is 87.3. The lowest BCUT2D eigenvalue weighted by atomic mass is 9.94. The molecule has 1 aliphatic carbocycles. The number of methoxy groups -OCH3 is 1. The smallest absolute Gasteiger partial charge is 0.435 e. The van der Waals surface area contributed by atoms with Crippen LogP contribution in [0, 0.1) is 35.8 Å². The predicted octanol–water partition coefficient (Wildman–Crippen LogP) is 5.90. The van der Waals surface area contributed by atoms with Gasteiger partial charge in [-0.25, -0.2) is 13.4 Å². The molecule has 0 radical (unpaired) electrons. The average molecular weight is 578 g/mol. The van der Waals surface area contributed by atoms with Gasteiger partial charge < -0.3 is 14.8 Å². The van der Waals surface area contributed by atoms with E-state index >= 15 is 4.39 Å². The van der Waals surface area contributed by atoms with Crippen LogP contribution in [0.25, 0.3) is 0 Å². The number of halogens is 4. The van der Waals surface area contributed by atoms with Crippen LogP contribution in [0.4, 0.5) is 23.2 Å². The van der Waals surface area contributed by atoms with Gasteiger partial charge in [0.1, 0.15) is 5.56 Å². The summed E-state index contributed by atoms with van der Waals surface area (Å²) in [7, 11) is -2.00. The first kappa shape index (κ1) is 28.8. The zero-order valence-electron chi connectivity index (χ0n) is 21.7. The zero-order valence-corrected chi connectivity index (χ0v) is 22.5. The van der Waals surface area contributed by atoms with Crippen molar-refractivity contribution in [1.29, 1.82) is 10.0 Å². The van der Waals surface area contributed by atoms with Crippen LogP contribution in [-0.4, -0.2) is 33.7 Å². The Labute approximate surface area is 227 Å². The first-order valence-corrected chi connectivity index (χ1v) is 13.7. The molecule has 1 saturated carbocycles. The second-order valence-corrected chi connectivity index (χ2v) is 11.5. The molecular weight excluding hydrogens is 554 g/mol. The summed E-state index contributed by atoms with van der Waals surface area (Å²) >= 11 is 0. The molecule has 1 heterocycles. The van der Waals surface area contributed by atoms with Crippen LogP contribution in [0.3, 0.4) is 0 Å². The first-order valence-electron chi connectivity index (χ1n) is 11.7. The number of ether oxygens (including phenoxy) is 2. The number of aromatic nitrogens is 2. The summed E-state index contributed by atoms with van der Waals surface area (Å²) in [5.74, 6) is -3.29. The van der Waals surface area contributed by atoms with E-state index in [1.807, 2.05) is 0 Å². The normalized spacial score (nSPS) is 15.5. The van der Waals surface area contributed by atoms with E-state index in [1.165, 1.54) is 43.5 Å². The number of nitrogens with zero attached hydrogens (tertiary/aromatic N) is 3. The maximum absolute atomic E-state index is 15.5. The molecule has 1 unspecified atom stereocenters. The molecule has 1 fully saturated rings. The van der Waals surface area contributed by atoms with Crippen molar-refractivity contribution < 1.29 is 36.0 Å². The lowest BCUT2D eigenvalue weighted by Crippen LogP contribution is -2.21. The number of benzene rings is 2. The highest BCUT2D eigenvalue weighted by Gasteiger charge is 2.48. The molecule has 1 atom stereocenters. The molecule has 14 heteroatoms. The topological polar surface area (TPSA) is 138 Å². The highest BCUT2D eigenvalue weighted by molar-refractivity contribution is 7.91. The van der Waals surface area contributed by atoms with Gasteiger partial charge >= 0.3 is 6.18 Å². The molecule has 0 bridgehead atoms. The van der Waals surface area contributed by atoms with Gasteiger partial charge in [0.2, 0.25) is 0 Å². The monoisotopic (exact) mass is 577 g/mol. The van der Waals surface area contributed by atoms with E-state index in [-0.39, 0.29) is 27.5 Å². The molecule has 40 heavy (non-hydrogen) atoms. The lowest BCUT2D eigenvalue weighted by molar-refractivity contribution is -0.142. The Hall–Kier alpha value is -4.25. The number of amides is 1. The van der Waals surface area contributed by atoms with Crippen LogP contribution < -0.4 is 14.8 Å². The summed E-state index contributed by atoms with van der Waals surface area (Å²) in [4.78, 5) is 13.4. The SMILES string of the molecule is COc1c(F)c(C2(C#N)CC2)cc(C)c1Oc1nnc(C(F)(F)F)c(C)c1C(=O)Nc1cccc(S(C)(=N)=O)c1. The fourth-order valence-electron chi connectivity index (χ4n) is 4.18. The van der Waals surface area contributed by atoms with Crippen LogP contribution in [-0.2, 0) is 21.3 Å². The number of anilines is 1. The molecule has 4 rings (SSSR count). The summed E-state index contributed by atoms with van der Waals surface area (Å²) in [5.41, 5.74) is -3.26. The van der Waals surface area contributed by atoms with E-state index in [1.54, 1.807) is 0 Å². The molecule has 2 N–H and O–H groups in total. The van der Waals surface area contributed by atoms with Gasteiger partial charge in [-0.05, 0) is 62.1 Å². The molecule has 1 amide bonds. The van der Waals surface area contributed by atoms with Gasteiger partial charge in [0.15, 0.2) is 23.0 Å². The van der Waals surface area contributed by atoms with Crippen molar-refractivity contribution in [2.24, 2.45) is 0 Å². The maximum Gasteiger partial charge on any atom is 0.435 e. The van der Waals surface area contributed by atoms with Gasteiger partial charge in [0, 0.05) is 22.4 Å². The van der Waals surface area contributed by atoms with E-state index < -0.39 is 61.5 Å². The molecule has 0 aliphatic heterocycles. The fourth-order valence-corrected chi connectivity index (χ4v) is 4.87. The molecule has 1 aliphatic rings. The third-order valence-electron chi connectivity index (χ3n) is 6.47. The van der Waals surface area contributed by atoms with Gasteiger partial charge in [-0.1, -0.05) is 6.07 Å². The largest absolute Gasteiger partial charge is 0.490 e. The van der Waals surface area contributed by atoms with Gasteiger partial charge in [-0.2, -0.15) is 18.4 Å².